The fraction of sp³-hybridized carbons (Fsp3) is 0.667. The van der Waals surface area contributed by atoms with Gasteiger partial charge >= 0.3 is 0 Å². The number of rotatable bonds is 6. The first-order valence-corrected chi connectivity index (χ1v) is 6.18. The molecule has 6 nitrogen and oxygen atoms in total. The lowest BCUT2D eigenvalue weighted by atomic mass is 10.1. The molecule has 4 N–H and O–H groups in total. The highest BCUT2D eigenvalue weighted by atomic mass is 16.3. The minimum Gasteiger partial charge on any atom is -0.394 e. The summed E-state index contributed by atoms with van der Waals surface area (Å²) < 4.78 is 1.89. The van der Waals surface area contributed by atoms with Gasteiger partial charge in [0, 0.05) is 12.2 Å². The number of hydrogen-bond donors (Lipinski definition) is 3. The molecule has 0 bridgehead atoms. The number of aryl methyl sites for hydroxylation is 1. The fourth-order valence-corrected chi connectivity index (χ4v) is 1.96. The molecule has 1 atom stereocenters. The van der Waals surface area contributed by atoms with Gasteiger partial charge in [0.25, 0.3) is 0 Å². The standard InChI is InChI=1S/C12H22N4O2/c1-4-10-8(2)15-16(9(10)3)6-5-14-12(18)11(13)7-17/h11,17H,4-7,13H2,1-3H3,(H,14,18)/t11-/m0/s1. The van der Waals surface area contributed by atoms with E-state index in [4.69, 9.17) is 10.8 Å². The van der Waals surface area contributed by atoms with E-state index in [1.165, 1.54) is 5.56 Å². The van der Waals surface area contributed by atoms with E-state index in [0.29, 0.717) is 13.1 Å². The first-order valence-electron chi connectivity index (χ1n) is 6.18. The van der Waals surface area contributed by atoms with Crippen molar-refractivity contribution in [2.24, 2.45) is 5.73 Å². The minimum absolute atomic E-state index is 0.338. The third-order valence-electron chi connectivity index (χ3n) is 3.04. The number of nitrogens with two attached hydrogens (primary N) is 1. The molecule has 0 saturated carbocycles. The number of aliphatic hydroxyl groups is 1. The first-order chi connectivity index (χ1) is 8.51. The molecule has 0 aliphatic heterocycles. The molecule has 1 rings (SSSR count). The number of hydrogen-bond acceptors (Lipinski definition) is 4. The smallest absolute Gasteiger partial charge is 0.239 e. The summed E-state index contributed by atoms with van der Waals surface area (Å²) in [6.45, 7) is 6.84. The van der Waals surface area contributed by atoms with Crippen molar-refractivity contribution < 1.29 is 9.90 Å². The summed E-state index contributed by atoms with van der Waals surface area (Å²) in [4.78, 5) is 11.4. The molecule has 0 saturated heterocycles. The molecule has 18 heavy (non-hydrogen) atoms. The van der Waals surface area contributed by atoms with Gasteiger partial charge in [-0.05, 0) is 25.8 Å². The average molecular weight is 254 g/mol. The first kappa shape index (κ1) is 14.7. The zero-order valence-electron chi connectivity index (χ0n) is 11.2. The molecular formula is C12H22N4O2. The summed E-state index contributed by atoms with van der Waals surface area (Å²) in [6, 6.07) is -0.850. The van der Waals surface area contributed by atoms with Crippen LogP contribution in [0.2, 0.25) is 0 Å². The zero-order valence-corrected chi connectivity index (χ0v) is 11.2. The van der Waals surface area contributed by atoms with E-state index in [9.17, 15) is 4.79 Å². The van der Waals surface area contributed by atoms with Gasteiger partial charge in [-0.2, -0.15) is 5.10 Å². The molecule has 0 fully saturated rings. The van der Waals surface area contributed by atoms with Crippen molar-refractivity contribution in [3.05, 3.63) is 17.0 Å². The molecule has 1 aromatic rings. The highest BCUT2D eigenvalue weighted by Crippen LogP contribution is 2.12. The van der Waals surface area contributed by atoms with Crippen molar-refractivity contribution >= 4 is 5.91 Å². The Kier molecular flexibility index (Phi) is 5.30. The summed E-state index contributed by atoms with van der Waals surface area (Å²) in [5, 5.41) is 15.8. The molecule has 0 unspecified atom stereocenters. The molecule has 0 spiro atoms. The Balaban J connectivity index is 2.52. The molecule has 1 heterocycles. The maximum atomic E-state index is 11.4. The van der Waals surface area contributed by atoms with E-state index in [0.717, 1.165) is 17.8 Å². The van der Waals surface area contributed by atoms with Crippen molar-refractivity contribution in [2.75, 3.05) is 13.2 Å². The van der Waals surface area contributed by atoms with Gasteiger partial charge in [0.1, 0.15) is 6.04 Å². The van der Waals surface area contributed by atoms with Crippen molar-refractivity contribution in [3.63, 3.8) is 0 Å². The van der Waals surface area contributed by atoms with Crippen LogP contribution in [0.4, 0.5) is 0 Å². The minimum atomic E-state index is -0.850. The Morgan fingerprint density at radius 1 is 1.56 bits per heavy atom. The lowest BCUT2D eigenvalue weighted by Gasteiger charge is -2.10. The van der Waals surface area contributed by atoms with E-state index < -0.39 is 6.04 Å². The maximum absolute atomic E-state index is 11.4. The van der Waals surface area contributed by atoms with E-state index in [1.807, 2.05) is 18.5 Å². The number of nitrogens with one attached hydrogen (secondary N) is 1. The number of amides is 1. The Hall–Kier alpha value is -1.40. The topological polar surface area (TPSA) is 93.2 Å². The normalized spacial score (nSPS) is 12.5. The van der Waals surface area contributed by atoms with Gasteiger partial charge in [-0.15, -0.1) is 0 Å². The Morgan fingerprint density at radius 3 is 2.72 bits per heavy atom. The van der Waals surface area contributed by atoms with E-state index in [2.05, 4.69) is 17.3 Å². The van der Waals surface area contributed by atoms with Crippen molar-refractivity contribution in [3.8, 4) is 0 Å². The lowest BCUT2D eigenvalue weighted by Crippen LogP contribution is -2.44. The van der Waals surface area contributed by atoms with E-state index >= 15 is 0 Å². The van der Waals surface area contributed by atoms with Crippen LogP contribution in [0.1, 0.15) is 23.9 Å². The van der Waals surface area contributed by atoms with Crippen LogP contribution in [0.3, 0.4) is 0 Å². The predicted molar refractivity (Wildman–Crippen MR) is 69.1 cm³/mol. The number of carbonyl (C=O) groups excluding carboxylic acids is 1. The molecule has 6 heteroatoms. The van der Waals surface area contributed by atoms with Crippen LogP contribution in [-0.2, 0) is 17.8 Å². The fourth-order valence-electron chi connectivity index (χ4n) is 1.96. The summed E-state index contributed by atoms with van der Waals surface area (Å²) in [5.74, 6) is -0.338. The van der Waals surface area contributed by atoms with E-state index in [1.54, 1.807) is 0 Å². The second-order valence-electron chi connectivity index (χ2n) is 4.31. The van der Waals surface area contributed by atoms with Crippen molar-refractivity contribution in [1.29, 1.82) is 0 Å². The second-order valence-corrected chi connectivity index (χ2v) is 4.31. The third kappa shape index (κ3) is 3.30. The number of aliphatic hydroxyl groups excluding tert-OH is 1. The lowest BCUT2D eigenvalue weighted by molar-refractivity contribution is -0.123. The van der Waals surface area contributed by atoms with Crippen molar-refractivity contribution in [1.82, 2.24) is 15.1 Å². The van der Waals surface area contributed by atoms with E-state index in [-0.39, 0.29) is 12.5 Å². The van der Waals surface area contributed by atoms with Crippen LogP contribution >= 0.6 is 0 Å². The Labute approximate surface area is 107 Å². The summed E-state index contributed by atoms with van der Waals surface area (Å²) in [6.07, 6.45) is 0.958. The van der Waals surface area contributed by atoms with Gasteiger partial charge in [0.15, 0.2) is 0 Å². The molecule has 0 aromatic carbocycles. The number of carbonyl (C=O) groups is 1. The molecule has 1 aromatic heterocycles. The zero-order chi connectivity index (χ0) is 13.7. The summed E-state index contributed by atoms with van der Waals surface area (Å²) in [7, 11) is 0. The summed E-state index contributed by atoms with van der Waals surface area (Å²) in [5.41, 5.74) is 8.82. The molecule has 0 aliphatic carbocycles. The van der Waals surface area contributed by atoms with Gasteiger partial charge < -0.3 is 16.2 Å². The number of aromatic nitrogens is 2. The highest BCUT2D eigenvalue weighted by molar-refractivity contribution is 5.81. The monoisotopic (exact) mass is 254 g/mol. The highest BCUT2D eigenvalue weighted by Gasteiger charge is 2.12. The van der Waals surface area contributed by atoms with Crippen LogP contribution < -0.4 is 11.1 Å². The molecule has 102 valence electrons. The largest absolute Gasteiger partial charge is 0.394 e. The van der Waals surface area contributed by atoms with Crippen LogP contribution in [0, 0.1) is 13.8 Å². The Bertz CT molecular complexity index is 414. The average Bonchev–Trinajstić information content (AvgIpc) is 2.63. The van der Waals surface area contributed by atoms with Crippen LogP contribution in [0.25, 0.3) is 0 Å². The van der Waals surface area contributed by atoms with Gasteiger partial charge in [0.2, 0.25) is 5.91 Å². The molecule has 0 aliphatic rings. The molecular weight excluding hydrogens is 232 g/mol. The molecule has 1 amide bonds. The maximum Gasteiger partial charge on any atom is 0.239 e. The van der Waals surface area contributed by atoms with Gasteiger partial charge in [-0.3, -0.25) is 9.48 Å². The van der Waals surface area contributed by atoms with Gasteiger partial charge in [-0.1, -0.05) is 6.92 Å². The third-order valence-corrected chi connectivity index (χ3v) is 3.04. The number of nitrogens with zero attached hydrogens (tertiary/aromatic N) is 2. The quantitative estimate of drug-likeness (QED) is 0.638. The van der Waals surface area contributed by atoms with Crippen LogP contribution in [0.5, 0.6) is 0 Å². The molecule has 0 radical (unpaired) electrons. The van der Waals surface area contributed by atoms with Gasteiger partial charge in [-0.25, -0.2) is 0 Å². The van der Waals surface area contributed by atoms with Crippen LogP contribution in [-0.4, -0.2) is 40.0 Å². The van der Waals surface area contributed by atoms with Crippen molar-refractivity contribution in [2.45, 2.75) is 39.8 Å². The van der Waals surface area contributed by atoms with Crippen LogP contribution in [0.15, 0.2) is 0 Å². The van der Waals surface area contributed by atoms with Gasteiger partial charge in [0.05, 0.1) is 18.8 Å². The SMILES string of the molecule is CCc1c(C)nn(CCNC(=O)[C@@H](N)CO)c1C. The predicted octanol–water partition coefficient (Wildman–Crippen LogP) is -0.502. The Morgan fingerprint density at radius 2 is 2.22 bits per heavy atom. The summed E-state index contributed by atoms with van der Waals surface area (Å²) >= 11 is 0. The second kappa shape index (κ2) is 6.51.